The van der Waals surface area contributed by atoms with Gasteiger partial charge < -0.3 is 5.32 Å². The normalized spacial score (nSPS) is 13.9. The molecule has 0 saturated heterocycles. The molecule has 0 spiro atoms. The third-order valence-corrected chi connectivity index (χ3v) is 2.14. The molecule has 1 amide bonds. The standard InChI is InChI=1S/C11H11NO/c1-8(13)12-11-6-5-9-3-2-4-10(9)7-11/h5-7H,2-3H2,1H3,(H,12,13). The molecule has 66 valence electrons. The van der Waals surface area contributed by atoms with Crippen molar-refractivity contribution < 1.29 is 4.79 Å². The van der Waals surface area contributed by atoms with Crippen molar-refractivity contribution >= 4 is 11.6 Å². The van der Waals surface area contributed by atoms with Gasteiger partial charge in [-0.15, -0.1) is 0 Å². The van der Waals surface area contributed by atoms with Crippen molar-refractivity contribution in [3.63, 3.8) is 0 Å². The van der Waals surface area contributed by atoms with Crippen LogP contribution in [0.1, 0.15) is 24.5 Å². The molecule has 1 N–H and O–H groups in total. The smallest absolute Gasteiger partial charge is 0.221 e. The molecule has 2 radical (unpaired) electrons. The first-order valence-corrected chi connectivity index (χ1v) is 4.40. The Morgan fingerprint density at radius 2 is 2.38 bits per heavy atom. The molecule has 0 fully saturated rings. The number of anilines is 1. The van der Waals surface area contributed by atoms with E-state index in [1.54, 1.807) is 0 Å². The van der Waals surface area contributed by atoms with Gasteiger partial charge in [-0.25, -0.2) is 0 Å². The number of hydrogen-bond acceptors (Lipinski definition) is 1. The molecule has 2 rings (SSSR count). The lowest BCUT2D eigenvalue weighted by molar-refractivity contribution is -0.114. The number of fused-ring (bicyclic) bond motifs is 1. The minimum Gasteiger partial charge on any atom is -0.326 e. The molecule has 0 aliphatic heterocycles. The van der Waals surface area contributed by atoms with E-state index in [4.69, 9.17) is 0 Å². The van der Waals surface area contributed by atoms with Crippen LogP contribution >= 0.6 is 0 Å². The van der Waals surface area contributed by atoms with Crippen molar-refractivity contribution in [3.05, 3.63) is 35.7 Å². The monoisotopic (exact) mass is 173 g/mol. The van der Waals surface area contributed by atoms with Gasteiger partial charge in [0, 0.05) is 19.0 Å². The summed E-state index contributed by atoms with van der Waals surface area (Å²) in [6.45, 7) is 1.51. The van der Waals surface area contributed by atoms with Crippen LogP contribution < -0.4 is 5.32 Å². The highest BCUT2D eigenvalue weighted by Gasteiger charge is 2.11. The van der Waals surface area contributed by atoms with Gasteiger partial charge in [-0.1, -0.05) is 6.07 Å². The van der Waals surface area contributed by atoms with Gasteiger partial charge in [0.15, 0.2) is 0 Å². The van der Waals surface area contributed by atoms with E-state index in [1.807, 2.05) is 12.1 Å². The zero-order valence-corrected chi connectivity index (χ0v) is 7.55. The molecule has 1 aromatic rings. The Morgan fingerprint density at radius 3 is 3.15 bits per heavy atom. The lowest BCUT2D eigenvalue weighted by atomic mass is 10.1. The fourth-order valence-corrected chi connectivity index (χ4v) is 1.57. The van der Waals surface area contributed by atoms with Gasteiger partial charge in [0.2, 0.25) is 5.91 Å². The van der Waals surface area contributed by atoms with Gasteiger partial charge in [0.25, 0.3) is 0 Å². The first kappa shape index (κ1) is 8.30. The van der Waals surface area contributed by atoms with Gasteiger partial charge in [0.1, 0.15) is 0 Å². The van der Waals surface area contributed by atoms with Crippen LogP contribution in [0.3, 0.4) is 0 Å². The number of carbonyl (C=O) groups excluding carboxylic acids is 1. The van der Waals surface area contributed by atoms with Crippen LogP contribution in [-0.4, -0.2) is 5.91 Å². The maximum absolute atomic E-state index is 10.8. The summed E-state index contributed by atoms with van der Waals surface area (Å²) >= 11 is 0. The molecule has 2 heteroatoms. The zero-order chi connectivity index (χ0) is 9.26. The van der Waals surface area contributed by atoms with Crippen molar-refractivity contribution in [2.75, 3.05) is 5.32 Å². The topological polar surface area (TPSA) is 29.1 Å². The molecule has 0 heterocycles. The molecule has 0 unspecified atom stereocenters. The van der Waals surface area contributed by atoms with Gasteiger partial charge in [0.05, 0.1) is 0 Å². The van der Waals surface area contributed by atoms with Gasteiger partial charge in [-0.2, -0.15) is 0 Å². The molecule has 0 atom stereocenters. The fourth-order valence-electron chi connectivity index (χ4n) is 1.57. The van der Waals surface area contributed by atoms with Crippen LogP contribution in [0.5, 0.6) is 0 Å². The number of aryl methyl sites for hydroxylation is 1. The van der Waals surface area contributed by atoms with Crippen molar-refractivity contribution in [3.8, 4) is 0 Å². The second-order valence-corrected chi connectivity index (χ2v) is 3.23. The summed E-state index contributed by atoms with van der Waals surface area (Å²) in [7, 11) is 0. The van der Waals surface area contributed by atoms with Crippen molar-refractivity contribution in [1.29, 1.82) is 0 Å². The largest absolute Gasteiger partial charge is 0.326 e. The van der Waals surface area contributed by atoms with E-state index in [0.717, 1.165) is 24.1 Å². The minimum absolute atomic E-state index is 0.0297. The predicted molar refractivity (Wildman–Crippen MR) is 51.4 cm³/mol. The van der Waals surface area contributed by atoms with Crippen LogP contribution in [-0.2, 0) is 11.2 Å². The summed E-state index contributed by atoms with van der Waals surface area (Å²) in [5.74, 6) is -0.0297. The van der Waals surface area contributed by atoms with Crippen LogP contribution in [0.15, 0.2) is 18.2 Å². The maximum atomic E-state index is 10.8. The van der Waals surface area contributed by atoms with Crippen molar-refractivity contribution in [1.82, 2.24) is 0 Å². The summed E-state index contributed by atoms with van der Waals surface area (Å²) in [5, 5.41) is 2.76. The summed E-state index contributed by atoms with van der Waals surface area (Å²) in [5.41, 5.74) is 3.33. The number of nitrogens with one attached hydrogen (secondary N) is 1. The average molecular weight is 173 g/mol. The molecular weight excluding hydrogens is 162 g/mol. The molecule has 1 aromatic carbocycles. The molecule has 0 saturated carbocycles. The molecule has 1 aliphatic carbocycles. The fraction of sp³-hybridized carbons (Fsp3) is 0.273. The molecule has 2 nitrogen and oxygen atoms in total. The molecule has 0 bridgehead atoms. The lowest BCUT2D eigenvalue weighted by Crippen LogP contribution is -2.05. The first-order chi connectivity index (χ1) is 6.25. The van der Waals surface area contributed by atoms with E-state index in [9.17, 15) is 4.79 Å². The van der Waals surface area contributed by atoms with Gasteiger partial charge in [-0.3, -0.25) is 4.79 Å². The summed E-state index contributed by atoms with van der Waals surface area (Å²) in [4.78, 5) is 10.8. The molecular formula is C11H11NO. The number of amides is 1. The first-order valence-electron chi connectivity index (χ1n) is 4.40. The molecule has 13 heavy (non-hydrogen) atoms. The summed E-state index contributed by atoms with van der Waals surface area (Å²) in [6, 6.07) is 5.97. The van der Waals surface area contributed by atoms with E-state index in [2.05, 4.69) is 17.8 Å². The average Bonchev–Trinajstić information content (AvgIpc) is 2.49. The highest BCUT2D eigenvalue weighted by Crippen LogP contribution is 2.26. The number of hydrogen-bond donors (Lipinski definition) is 1. The van der Waals surface area contributed by atoms with Crippen LogP contribution in [0.25, 0.3) is 0 Å². The Morgan fingerprint density at radius 1 is 1.54 bits per heavy atom. The Labute approximate surface area is 78.0 Å². The third kappa shape index (κ3) is 1.72. The predicted octanol–water partition coefficient (Wildman–Crippen LogP) is 2.02. The van der Waals surface area contributed by atoms with E-state index in [0.29, 0.717) is 0 Å². The number of benzene rings is 1. The number of carbonyl (C=O) groups is 1. The Bertz CT molecular complexity index is 344. The van der Waals surface area contributed by atoms with E-state index in [-0.39, 0.29) is 5.91 Å². The Kier molecular flexibility index (Phi) is 2.05. The highest BCUT2D eigenvalue weighted by molar-refractivity contribution is 5.88. The molecule has 1 aliphatic rings. The maximum Gasteiger partial charge on any atom is 0.221 e. The molecule has 0 aromatic heterocycles. The summed E-state index contributed by atoms with van der Waals surface area (Å²) in [6.07, 6.45) is 5.34. The van der Waals surface area contributed by atoms with Gasteiger partial charge in [-0.05, 0) is 36.1 Å². The van der Waals surface area contributed by atoms with Crippen LogP contribution in [0.2, 0.25) is 0 Å². The Balaban J connectivity index is 2.25. The van der Waals surface area contributed by atoms with Gasteiger partial charge >= 0.3 is 0 Å². The second kappa shape index (κ2) is 3.21. The van der Waals surface area contributed by atoms with E-state index >= 15 is 0 Å². The number of rotatable bonds is 1. The van der Waals surface area contributed by atoms with Crippen LogP contribution in [0, 0.1) is 6.42 Å². The summed E-state index contributed by atoms with van der Waals surface area (Å²) < 4.78 is 0. The second-order valence-electron chi connectivity index (χ2n) is 3.23. The highest BCUT2D eigenvalue weighted by atomic mass is 16.1. The Hall–Kier alpha value is -1.31. The quantitative estimate of drug-likeness (QED) is 0.691. The zero-order valence-electron chi connectivity index (χ0n) is 7.55. The van der Waals surface area contributed by atoms with Crippen molar-refractivity contribution in [2.24, 2.45) is 0 Å². The van der Waals surface area contributed by atoms with E-state index in [1.165, 1.54) is 12.5 Å². The SMILES string of the molecule is CC(=O)Nc1ccc2c(c1)[C]CC2. The van der Waals surface area contributed by atoms with E-state index < -0.39 is 0 Å². The third-order valence-electron chi connectivity index (χ3n) is 2.14. The lowest BCUT2D eigenvalue weighted by Gasteiger charge is -2.04. The van der Waals surface area contributed by atoms with Crippen LogP contribution in [0.4, 0.5) is 5.69 Å². The minimum atomic E-state index is -0.0297. The van der Waals surface area contributed by atoms with Crippen molar-refractivity contribution in [2.45, 2.75) is 19.8 Å².